The minimum absolute atomic E-state index is 0.542. The number of rotatable bonds is 4. The summed E-state index contributed by atoms with van der Waals surface area (Å²) in [7, 11) is 2.10. The van der Waals surface area contributed by atoms with E-state index in [0.29, 0.717) is 5.88 Å². The molecular weight excluding hydrogens is 322 g/mol. The van der Waals surface area contributed by atoms with E-state index in [4.69, 9.17) is 11.6 Å². The standard InChI is InChI=1S/C16H17BrClN/c1-12-4-3-5-14(8-12)11-19(2)16-7-6-13(10-18)9-15(16)17/h3-9H,10-11H2,1-2H3. The highest BCUT2D eigenvalue weighted by molar-refractivity contribution is 9.10. The van der Waals surface area contributed by atoms with Crippen LogP contribution < -0.4 is 4.90 Å². The molecule has 0 unspecified atom stereocenters. The molecule has 0 aliphatic carbocycles. The summed E-state index contributed by atoms with van der Waals surface area (Å²) in [6, 6.07) is 14.9. The summed E-state index contributed by atoms with van der Waals surface area (Å²) in [6.07, 6.45) is 0. The highest BCUT2D eigenvalue weighted by Gasteiger charge is 2.07. The molecule has 0 saturated heterocycles. The molecule has 0 atom stereocenters. The zero-order valence-corrected chi connectivity index (χ0v) is 13.5. The Balaban J connectivity index is 2.18. The van der Waals surface area contributed by atoms with Crippen LogP contribution in [0.5, 0.6) is 0 Å². The predicted octanol–water partition coefficient (Wildman–Crippen LogP) is 5.13. The Morgan fingerprint density at radius 1 is 1.11 bits per heavy atom. The fraction of sp³-hybridized carbons (Fsp3) is 0.250. The predicted molar refractivity (Wildman–Crippen MR) is 87.0 cm³/mol. The van der Waals surface area contributed by atoms with Crippen LogP contribution in [0.2, 0.25) is 0 Å². The number of nitrogens with zero attached hydrogens (tertiary/aromatic N) is 1. The second kappa shape index (κ2) is 6.44. The molecule has 2 aromatic carbocycles. The van der Waals surface area contributed by atoms with Crippen LogP contribution in [0.15, 0.2) is 46.9 Å². The largest absolute Gasteiger partial charge is 0.369 e. The van der Waals surface area contributed by atoms with Crippen LogP contribution >= 0.6 is 27.5 Å². The van der Waals surface area contributed by atoms with Crippen LogP contribution in [0.1, 0.15) is 16.7 Å². The molecular formula is C16H17BrClN. The summed E-state index contributed by atoms with van der Waals surface area (Å²) < 4.78 is 1.08. The molecule has 100 valence electrons. The van der Waals surface area contributed by atoms with Crippen molar-refractivity contribution in [3.8, 4) is 0 Å². The molecule has 0 amide bonds. The molecule has 19 heavy (non-hydrogen) atoms. The van der Waals surface area contributed by atoms with Gasteiger partial charge in [0.2, 0.25) is 0 Å². The maximum atomic E-state index is 5.84. The number of alkyl halides is 1. The van der Waals surface area contributed by atoms with Gasteiger partial charge in [-0.2, -0.15) is 0 Å². The summed E-state index contributed by atoms with van der Waals surface area (Å²) in [5.74, 6) is 0.542. The average molecular weight is 339 g/mol. The third-order valence-electron chi connectivity index (χ3n) is 3.08. The second-order valence-corrected chi connectivity index (χ2v) is 5.89. The number of benzene rings is 2. The first-order valence-corrected chi connectivity index (χ1v) is 7.54. The third kappa shape index (κ3) is 3.74. The molecule has 0 saturated carbocycles. The molecule has 2 aromatic rings. The van der Waals surface area contributed by atoms with Crippen molar-refractivity contribution in [1.82, 2.24) is 0 Å². The Kier molecular flexibility index (Phi) is 4.89. The van der Waals surface area contributed by atoms with Crippen LogP contribution in [0.3, 0.4) is 0 Å². The lowest BCUT2D eigenvalue weighted by Gasteiger charge is -2.21. The van der Waals surface area contributed by atoms with E-state index in [0.717, 1.165) is 16.6 Å². The molecule has 0 N–H and O–H groups in total. The van der Waals surface area contributed by atoms with Crippen molar-refractivity contribution in [1.29, 1.82) is 0 Å². The van der Waals surface area contributed by atoms with Gasteiger partial charge in [-0.25, -0.2) is 0 Å². The fourth-order valence-corrected chi connectivity index (χ4v) is 3.01. The van der Waals surface area contributed by atoms with E-state index in [1.807, 2.05) is 0 Å². The van der Waals surface area contributed by atoms with Gasteiger partial charge in [-0.05, 0) is 46.1 Å². The average Bonchev–Trinajstić information content (AvgIpc) is 2.38. The Hall–Kier alpha value is -0.990. The quantitative estimate of drug-likeness (QED) is 0.698. The van der Waals surface area contributed by atoms with Crippen molar-refractivity contribution in [3.05, 3.63) is 63.6 Å². The highest BCUT2D eigenvalue weighted by atomic mass is 79.9. The van der Waals surface area contributed by atoms with E-state index < -0.39 is 0 Å². The van der Waals surface area contributed by atoms with Crippen molar-refractivity contribution in [2.24, 2.45) is 0 Å². The zero-order valence-electron chi connectivity index (χ0n) is 11.2. The van der Waals surface area contributed by atoms with Crippen LogP contribution in [-0.2, 0) is 12.4 Å². The monoisotopic (exact) mass is 337 g/mol. The Morgan fingerprint density at radius 2 is 1.89 bits per heavy atom. The molecule has 0 aliphatic rings. The summed E-state index contributed by atoms with van der Waals surface area (Å²) in [5, 5.41) is 0. The lowest BCUT2D eigenvalue weighted by Crippen LogP contribution is -2.16. The van der Waals surface area contributed by atoms with Crippen molar-refractivity contribution in [2.45, 2.75) is 19.3 Å². The lowest BCUT2D eigenvalue weighted by molar-refractivity contribution is 0.918. The van der Waals surface area contributed by atoms with Gasteiger partial charge in [-0.15, -0.1) is 11.6 Å². The molecule has 0 aliphatic heterocycles. The van der Waals surface area contributed by atoms with Gasteiger partial charge >= 0.3 is 0 Å². The van der Waals surface area contributed by atoms with E-state index in [-0.39, 0.29) is 0 Å². The summed E-state index contributed by atoms with van der Waals surface area (Å²) in [6.45, 7) is 3.01. The van der Waals surface area contributed by atoms with E-state index in [2.05, 4.69) is 77.3 Å². The summed E-state index contributed by atoms with van der Waals surface area (Å²) >= 11 is 9.46. The smallest absolute Gasteiger partial charge is 0.0511 e. The lowest BCUT2D eigenvalue weighted by atomic mass is 10.1. The number of halogens is 2. The molecule has 0 heterocycles. The maximum Gasteiger partial charge on any atom is 0.0511 e. The van der Waals surface area contributed by atoms with Gasteiger partial charge in [0.25, 0.3) is 0 Å². The molecule has 0 radical (unpaired) electrons. The van der Waals surface area contributed by atoms with Gasteiger partial charge in [-0.3, -0.25) is 0 Å². The van der Waals surface area contributed by atoms with Crippen molar-refractivity contribution < 1.29 is 0 Å². The first-order valence-electron chi connectivity index (χ1n) is 6.21. The van der Waals surface area contributed by atoms with Crippen molar-refractivity contribution in [2.75, 3.05) is 11.9 Å². The minimum Gasteiger partial charge on any atom is -0.369 e. The second-order valence-electron chi connectivity index (χ2n) is 4.76. The molecule has 0 bridgehead atoms. The molecule has 3 heteroatoms. The maximum absolute atomic E-state index is 5.84. The first-order chi connectivity index (χ1) is 9.10. The van der Waals surface area contributed by atoms with Crippen LogP contribution in [-0.4, -0.2) is 7.05 Å². The third-order valence-corrected chi connectivity index (χ3v) is 4.02. The molecule has 0 fully saturated rings. The van der Waals surface area contributed by atoms with Gasteiger partial charge in [-0.1, -0.05) is 35.9 Å². The first kappa shape index (κ1) is 14.4. The van der Waals surface area contributed by atoms with Gasteiger partial charge in [0.1, 0.15) is 0 Å². The zero-order chi connectivity index (χ0) is 13.8. The highest BCUT2D eigenvalue weighted by Crippen LogP contribution is 2.28. The molecule has 0 spiro atoms. The van der Waals surface area contributed by atoms with Crippen molar-refractivity contribution >= 4 is 33.2 Å². The summed E-state index contributed by atoms with van der Waals surface area (Å²) in [5.41, 5.74) is 4.91. The van der Waals surface area contributed by atoms with Gasteiger partial charge in [0, 0.05) is 23.9 Å². The number of anilines is 1. The van der Waals surface area contributed by atoms with Gasteiger partial charge in [0.15, 0.2) is 0 Å². The van der Waals surface area contributed by atoms with E-state index in [1.165, 1.54) is 16.8 Å². The van der Waals surface area contributed by atoms with Gasteiger partial charge < -0.3 is 4.90 Å². The van der Waals surface area contributed by atoms with Crippen LogP contribution in [0.25, 0.3) is 0 Å². The SMILES string of the molecule is Cc1cccc(CN(C)c2ccc(CCl)cc2Br)c1. The number of hydrogen-bond acceptors (Lipinski definition) is 1. The van der Waals surface area contributed by atoms with Crippen molar-refractivity contribution in [3.63, 3.8) is 0 Å². The van der Waals surface area contributed by atoms with E-state index in [1.54, 1.807) is 0 Å². The van der Waals surface area contributed by atoms with Gasteiger partial charge in [0.05, 0.1) is 5.69 Å². The molecule has 1 nitrogen and oxygen atoms in total. The van der Waals surface area contributed by atoms with Crippen LogP contribution in [0, 0.1) is 6.92 Å². The molecule has 0 aromatic heterocycles. The Labute approximate surface area is 128 Å². The number of hydrogen-bond donors (Lipinski definition) is 0. The normalized spacial score (nSPS) is 10.5. The topological polar surface area (TPSA) is 3.24 Å². The van der Waals surface area contributed by atoms with E-state index in [9.17, 15) is 0 Å². The fourth-order valence-electron chi connectivity index (χ4n) is 2.11. The number of aryl methyl sites for hydroxylation is 1. The summed E-state index contributed by atoms with van der Waals surface area (Å²) in [4.78, 5) is 2.23. The Morgan fingerprint density at radius 3 is 2.53 bits per heavy atom. The molecule has 2 rings (SSSR count). The van der Waals surface area contributed by atoms with E-state index >= 15 is 0 Å². The van der Waals surface area contributed by atoms with Crippen LogP contribution in [0.4, 0.5) is 5.69 Å². The Bertz CT molecular complexity index is 568. The minimum atomic E-state index is 0.542.